The van der Waals surface area contributed by atoms with E-state index in [0.717, 1.165) is 0 Å². The molecule has 1 saturated heterocycles. The zero-order valence-corrected chi connectivity index (χ0v) is 9.48. The molecule has 7 heteroatoms. The van der Waals surface area contributed by atoms with Gasteiger partial charge in [0.15, 0.2) is 5.82 Å². The fourth-order valence-corrected chi connectivity index (χ4v) is 1.57. The molecule has 0 atom stereocenters. The summed E-state index contributed by atoms with van der Waals surface area (Å²) in [7, 11) is 0. The molecule has 0 spiro atoms. The summed E-state index contributed by atoms with van der Waals surface area (Å²) < 4.78 is 6.52. The molecule has 0 aliphatic carbocycles. The molecule has 0 bridgehead atoms. The van der Waals surface area contributed by atoms with Crippen molar-refractivity contribution in [2.75, 3.05) is 13.2 Å². The Morgan fingerprint density at radius 1 is 1.44 bits per heavy atom. The van der Waals surface area contributed by atoms with Gasteiger partial charge in [-0.3, -0.25) is 4.79 Å². The van der Waals surface area contributed by atoms with Crippen LogP contribution in [0.4, 0.5) is 0 Å². The number of pyridine rings is 1. The van der Waals surface area contributed by atoms with Gasteiger partial charge in [0.2, 0.25) is 0 Å². The lowest BCUT2D eigenvalue weighted by molar-refractivity contribution is -0.00346. The summed E-state index contributed by atoms with van der Waals surface area (Å²) in [4.78, 5) is 19.8. The molecule has 1 fully saturated rings. The Morgan fingerprint density at radius 2 is 2.33 bits per heavy atom. The molecule has 0 unspecified atom stereocenters. The van der Waals surface area contributed by atoms with Crippen molar-refractivity contribution in [2.45, 2.75) is 6.04 Å². The van der Waals surface area contributed by atoms with Crippen molar-refractivity contribution in [1.82, 2.24) is 25.1 Å². The van der Waals surface area contributed by atoms with E-state index >= 15 is 0 Å². The van der Waals surface area contributed by atoms with Crippen LogP contribution in [0.15, 0.2) is 31.0 Å². The van der Waals surface area contributed by atoms with E-state index in [9.17, 15) is 4.79 Å². The number of carbonyl (C=O) groups is 1. The molecule has 7 nitrogen and oxygen atoms in total. The molecule has 1 aliphatic heterocycles. The van der Waals surface area contributed by atoms with Gasteiger partial charge in [-0.25, -0.2) is 14.6 Å². The highest BCUT2D eigenvalue weighted by atomic mass is 16.5. The van der Waals surface area contributed by atoms with Gasteiger partial charge in [0.05, 0.1) is 24.8 Å². The number of aromatic nitrogens is 4. The van der Waals surface area contributed by atoms with Gasteiger partial charge in [-0.15, -0.1) is 0 Å². The Morgan fingerprint density at radius 3 is 2.89 bits per heavy atom. The van der Waals surface area contributed by atoms with E-state index in [2.05, 4.69) is 20.4 Å². The smallest absolute Gasteiger partial charge is 0.253 e. The van der Waals surface area contributed by atoms with Crippen LogP contribution >= 0.6 is 0 Å². The fraction of sp³-hybridized carbons (Fsp3) is 0.273. The van der Waals surface area contributed by atoms with Crippen LogP contribution in [-0.4, -0.2) is 44.9 Å². The third-order valence-electron chi connectivity index (χ3n) is 2.64. The van der Waals surface area contributed by atoms with E-state index in [0.29, 0.717) is 24.6 Å². The number of rotatable bonds is 3. The predicted octanol–water partition coefficient (Wildman–Crippen LogP) is -0.209. The second-order valence-corrected chi connectivity index (χ2v) is 3.95. The first-order chi connectivity index (χ1) is 8.83. The first kappa shape index (κ1) is 10.8. The van der Waals surface area contributed by atoms with E-state index in [1.54, 1.807) is 18.5 Å². The Hall–Kier alpha value is -2.28. The molecular weight excluding hydrogens is 234 g/mol. The first-order valence-corrected chi connectivity index (χ1v) is 5.52. The topological polar surface area (TPSA) is 81.9 Å². The number of ether oxygens (including phenoxy) is 1. The number of carbonyl (C=O) groups excluding carboxylic acids is 1. The second kappa shape index (κ2) is 4.53. The predicted molar refractivity (Wildman–Crippen MR) is 61.2 cm³/mol. The molecule has 1 amide bonds. The van der Waals surface area contributed by atoms with Crippen LogP contribution < -0.4 is 5.32 Å². The van der Waals surface area contributed by atoms with Crippen molar-refractivity contribution in [3.8, 4) is 5.82 Å². The summed E-state index contributed by atoms with van der Waals surface area (Å²) in [6.45, 7) is 1.16. The van der Waals surface area contributed by atoms with E-state index in [1.807, 2.05) is 0 Å². The summed E-state index contributed by atoms with van der Waals surface area (Å²) >= 11 is 0. The number of hydrogen-bond donors (Lipinski definition) is 1. The molecule has 1 aliphatic rings. The van der Waals surface area contributed by atoms with Gasteiger partial charge in [0.25, 0.3) is 5.91 Å². The third-order valence-corrected chi connectivity index (χ3v) is 2.64. The van der Waals surface area contributed by atoms with Crippen molar-refractivity contribution in [2.24, 2.45) is 0 Å². The van der Waals surface area contributed by atoms with Crippen molar-refractivity contribution >= 4 is 5.91 Å². The highest BCUT2D eigenvalue weighted by Crippen LogP contribution is 2.06. The Bertz CT molecular complexity index is 533. The molecule has 1 N–H and O–H groups in total. The Kier molecular flexibility index (Phi) is 2.73. The van der Waals surface area contributed by atoms with Crippen LogP contribution in [0.1, 0.15) is 10.4 Å². The molecule has 0 radical (unpaired) electrons. The van der Waals surface area contributed by atoms with E-state index in [-0.39, 0.29) is 11.9 Å². The molecule has 3 heterocycles. The van der Waals surface area contributed by atoms with Gasteiger partial charge >= 0.3 is 0 Å². The van der Waals surface area contributed by atoms with Crippen molar-refractivity contribution in [3.63, 3.8) is 0 Å². The molecule has 0 aromatic carbocycles. The molecule has 3 rings (SSSR count). The summed E-state index contributed by atoms with van der Waals surface area (Å²) in [6, 6.07) is 3.55. The molecule has 92 valence electrons. The number of hydrogen-bond acceptors (Lipinski definition) is 5. The quantitative estimate of drug-likeness (QED) is 0.809. The summed E-state index contributed by atoms with van der Waals surface area (Å²) in [6.07, 6.45) is 4.50. The minimum Gasteiger partial charge on any atom is -0.377 e. The summed E-state index contributed by atoms with van der Waals surface area (Å²) in [5.41, 5.74) is 0.519. The third kappa shape index (κ3) is 2.07. The molecule has 2 aromatic heterocycles. The SMILES string of the molecule is O=C(NC1COC1)c1ccc(-n2cncn2)nc1. The number of nitrogens with zero attached hydrogens (tertiary/aromatic N) is 4. The number of amides is 1. The van der Waals surface area contributed by atoms with E-state index in [1.165, 1.54) is 17.2 Å². The van der Waals surface area contributed by atoms with Crippen LogP contribution in [0.25, 0.3) is 5.82 Å². The first-order valence-electron chi connectivity index (χ1n) is 5.52. The standard InChI is InChI=1S/C11H11N5O2/c17-11(15-9-4-18-5-9)8-1-2-10(13-3-8)16-7-12-6-14-16/h1-3,6-7,9H,4-5H2,(H,15,17). The van der Waals surface area contributed by atoms with Crippen LogP contribution in [0, 0.1) is 0 Å². The van der Waals surface area contributed by atoms with Crippen LogP contribution in [0.3, 0.4) is 0 Å². The largest absolute Gasteiger partial charge is 0.377 e. The highest BCUT2D eigenvalue weighted by molar-refractivity contribution is 5.94. The van der Waals surface area contributed by atoms with Gasteiger partial charge < -0.3 is 10.1 Å². The average molecular weight is 245 g/mol. The maximum Gasteiger partial charge on any atom is 0.253 e. The molecule has 18 heavy (non-hydrogen) atoms. The van der Waals surface area contributed by atoms with E-state index in [4.69, 9.17) is 4.74 Å². The van der Waals surface area contributed by atoms with Crippen molar-refractivity contribution < 1.29 is 9.53 Å². The molecule has 2 aromatic rings. The zero-order chi connectivity index (χ0) is 12.4. The van der Waals surface area contributed by atoms with Crippen LogP contribution in [-0.2, 0) is 4.74 Å². The lowest BCUT2D eigenvalue weighted by atomic mass is 10.2. The molecular formula is C11H11N5O2. The Balaban J connectivity index is 1.72. The van der Waals surface area contributed by atoms with Crippen LogP contribution in [0.5, 0.6) is 0 Å². The van der Waals surface area contributed by atoms with E-state index < -0.39 is 0 Å². The fourth-order valence-electron chi connectivity index (χ4n) is 1.57. The lowest BCUT2D eigenvalue weighted by Gasteiger charge is -2.26. The maximum absolute atomic E-state index is 11.8. The second-order valence-electron chi connectivity index (χ2n) is 3.95. The maximum atomic E-state index is 11.8. The number of nitrogens with one attached hydrogen (secondary N) is 1. The van der Waals surface area contributed by atoms with Gasteiger partial charge in [0.1, 0.15) is 12.7 Å². The molecule has 0 saturated carbocycles. The monoisotopic (exact) mass is 245 g/mol. The van der Waals surface area contributed by atoms with Gasteiger partial charge in [-0.2, -0.15) is 5.10 Å². The summed E-state index contributed by atoms with van der Waals surface area (Å²) in [5, 5.41) is 6.81. The minimum atomic E-state index is -0.138. The van der Waals surface area contributed by atoms with Crippen LogP contribution in [0.2, 0.25) is 0 Å². The van der Waals surface area contributed by atoms with Crippen molar-refractivity contribution in [1.29, 1.82) is 0 Å². The zero-order valence-electron chi connectivity index (χ0n) is 9.48. The van der Waals surface area contributed by atoms with Crippen molar-refractivity contribution in [3.05, 3.63) is 36.5 Å². The highest BCUT2D eigenvalue weighted by Gasteiger charge is 2.21. The van der Waals surface area contributed by atoms with Gasteiger partial charge in [0, 0.05) is 6.20 Å². The normalized spacial score (nSPS) is 15.1. The lowest BCUT2D eigenvalue weighted by Crippen LogP contribution is -2.48. The summed E-state index contributed by atoms with van der Waals surface area (Å²) in [5.74, 6) is 0.483. The minimum absolute atomic E-state index is 0.118. The average Bonchev–Trinajstić information content (AvgIpc) is 2.87. The Labute approximate surface area is 103 Å². The van der Waals surface area contributed by atoms with Gasteiger partial charge in [-0.05, 0) is 12.1 Å². The van der Waals surface area contributed by atoms with Gasteiger partial charge in [-0.1, -0.05) is 0 Å².